The van der Waals surface area contributed by atoms with Gasteiger partial charge in [0, 0.05) is 16.9 Å². The molecule has 12 rings (SSSR count). The standard InChI is InChI=1S/C61H49N/c1-59(2)35-36-60(3,4)58-46(24-16-28-55(58)59)41-29-31-42(32-30-41)50-38-51-49-23-12-15-27-54(49)61(52-25-13-10-21-47(52)48-22-11-14-26-53(48)61)56(51)39-57(50)62(44-19-6-5-7-20-44)45-34-33-40-17-8-9-18-43(40)37-45/h5-34,37-39H,35-36H2,1-4H3. The average molecular weight is 796 g/mol. The van der Waals surface area contributed by atoms with Crippen LogP contribution >= 0.6 is 0 Å². The van der Waals surface area contributed by atoms with E-state index in [-0.39, 0.29) is 10.8 Å². The zero-order valence-corrected chi connectivity index (χ0v) is 35.9. The van der Waals surface area contributed by atoms with E-state index in [9.17, 15) is 0 Å². The molecule has 0 fully saturated rings. The Bertz CT molecular complexity index is 3190. The Balaban J connectivity index is 1.14. The summed E-state index contributed by atoms with van der Waals surface area (Å²) in [5, 5.41) is 2.45. The second-order valence-electron chi connectivity index (χ2n) is 19.1. The van der Waals surface area contributed by atoms with Gasteiger partial charge in [0.25, 0.3) is 0 Å². The minimum absolute atomic E-state index is 0.101. The summed E-state index contributed by atoms with van der Waals surface area (Å²) in [7, 11) is 0. The van der Waals surface area contributed by atoms with E-state index in [1.165, 1.54) is 102 Å². The first-order valence-corrected chi connectivity index (χ1v) is 22.3. The SMILES string of the molecule is CC1(C)CCC(C)(C)c2c(-c3ccc(-c4cc5c(cc4N(c4ccccc4)c4ccc6ccccc6c4)C4(c6ccccc6-c6ccccc64)c4ccccc4-5)cc3)cccc21. The fourth-order valence-corrected chi connectivity index (χ4v) is 11.7. The molecule has 0 radical (unpaired) electrons. The van der Waals surface area contributed by atoms with Crippen LogP contribution in [-0.4, -0.2) is 0 Å². The van der Waals surface area contributed by atoms with Crippen LogP contribution in [0.1, 0.15) is 73.9 Å². The largest absolute Gasteiger partial charge is 0.310 e. The number of nitrogens with zero attached hydrogens (tertiary/aromatic N) is 1. The molecule has 9 aromatic carbocycles. The first-order valence-electron chi connectivity index (χ1n) is 22.3. The quantitative estimate of drug-likeness (QED) is 0.168. The van der Waals surface area contributed by atoms with Gasteiger partial charge in [-0.05, 0) is 143 Å². The van der Waals surface area contributed by atoms with Gasteiger partial charge in [-0.3, -0.25) is 0 Å². The molecular weight excluding hydrogens is 747 g/mol. The van der Waals surface area contributed by atoms with E-state index in [4.69, 9.17) is 0 Å². The molecule has 1 spiro atoms. The summed E-state index contributed by atoms with van der Waals surface area (Å²) in [6.45, 7) is 9.71. The van der Waals surface area contributed by atoms with E-state index in [0.717, 1.165) is 17.1 Å². The molecule has 0 amide bonds. The van der Waals surface area contributed by atoms with Crippen LogP contribution in [0.2, 0.25) is 0 Å². The number of anilines is 3. The highest BCUT2D eigenvalue weighted by atomic mass is 15.1. The van der Waals surface area contributed by atoms with Crippen LogP contribution in [0.5, 0.6) is 0 Å². The number of para-hydroxylation sites is 1. The van der Waals surface area contributed by atoms with Crippen molar-refractivity contribution in [3.63, 3.8) is 0 Å². The predicted molar refractivity (Wildman–Crippen MR) is 261 cm³/mol. The Kier molecular flexibility index (Phi) is 8.04. The first kappa shape index (κ1) is 36.9. The van der Waals surface area contributed by atoms with Crippen molar-refractivity contribution >= 4 is 27.8 Å². The molecule has 0 saturated heterocycles. The molecule has 0 aromatic heterocycles. The summed E-state index contributed by atoms with van der Waals surface area (Å²) >= 11 is 0. The van der Waals surface area contributed by atoms with E-state index in [0.29, 0.717) is 0 Å². The molecule has 0 saturated carbocycles. The maximum absolute atomic E-state index is 2.55. The molecule has 298 valence electrons. The van der Waals surface area contributed by atoms with Crippen molar-refractivity contribution in [2.45, 2.75) is 56.8 Å². The van der Waals surface area contributed by atoms with Gasteiger partial charge >= 0.3 is 0 Å². The lowest BCUT2D eigenvalue weighted by Crippen LogP contribution is -2.34. The van der Waals surface area contributed by atoms with Crippen molar-refractivity contribution in [3.8, 4) is 44.5 Å². The minimum atomic E-state index is -0.463. The minimum Gasteiger partial charge on any atom is -0.310 e. The van der Waals surface area contributed by atoms with E-state index in [2.05, 4.69) is 233 Å². The number of benzene rings is 9. The van der Waals surface area contributed by atoms with Crippen molar-refractivity contribution in [2.24, 2.45) is 0 Å². The zero-order valence-electron chi connectivity index (χ0n) is 35.9. The number of fused-ring (bicyclic) bond motifs is 12. The maximum Gasteiger partial charge on any atom is 0.0726 e. The Hall–Kier alpha value is -6.96. The van der Waals surface area contributed by atoms with Gasteiger partial charge in [0.2, 0.25) is 0 Å². The molecule has 0 unspecified atom stereocenters. The zero-order chi connectivity index (χ0) is 41.8. The lowest BCUT2D eigenvalue weighted by atomic mass is 9.61. The lowest BCUT2D eigenvalue weighted by molar-refractivity contribution is 0.333. The highest BCUT2D eigenvalue weighted by molar-refractivity contribution is 6.01. The molecule has 1 heteroatoms. The van der Waals surface area contributed by atoms with Gasteiger partial charge in [-0.1, -0.05) is 191 Å². The molecule has 62 heavy (non-hydrogen) atoms. The summed E-state index contributed by atoms with van der Waals surface area (Å²) < 4.78 is 0. The van der Waals surface area contributed by atoms with Gasteiger partial charge in [0.15, 0.2) is 0 Å². The fraction of sp³-hybridized carbons (Fsp3) is 0.148. The Morgan fingerprint density at radius 3 is 1.52 bits per heavy atom. The third kappa shape index (κ3) is 5.27. The Labute approximate surface area is 366 Å². The number of hydrogen-bond donors (Lipinski definition) is 0. The molecule has 0 bridgehead atoms. The Morgan fingerprint density at radius 2 is 0.855 bits per heavy atom. The summed E-state index contributed by atoms with van der Waals surface area (Å²) in [6.07, 6.45) is 2.38. The van der Waals surface area contributed by atoms with Crippen LogP contribution in [0.4, 0.5) is 17.1 Å². The van der Waals surface area contributed by atoms with Crippen molar-refractivity contribution in [2.75, 3.05) is 4.90 Å². The summed E-state index contributed by atoms with van der Waals surface area (Å²) in [5.74, 6) is 0. The average Bonchev–Trinajstić information content (AvgIpc) is 3.77. The van der Waals surface area contributed by atoms with E-state index >= 15 is 0 Å². The molecule has 0 N–H and O–H groups in total. The van der Waals surface area contributed by atoms with Gasteiger partial charge in [-0.15, -0.1) is 0 Å². The maximum atomic E-state index is 2.55. The second kappa shape index (κ2) is 13.5. The second-order valence-corrected chi connectivity index (χ2v) is 19.1. The summed E-state index contributed by atoms with van der Waals surface area (Å²) in [5.41, 5.74) is 21.8. The third-order valence-corrected chi connectivity index (χ3v) is 14.7. The van der Waals surface area contributed by atoms with Gasteiger partial charge in [-0.25, -0.2) is 0 Å². The van der Waals surface area contributed by atoms with Gasteiger partial charge in [-0.2, -0.15) is 0 Å². The van der Waals surface area contributed by atoms with E-state index in [1.54, 1.807) is 0 Å². The number of rotatable bonds is 5. The van der Waals surface area contributed by atoms with Crippen LogP contribution in [0.15, 0.2) is 200 Å². The van der Waals surface area contributed by atoms with Gasteiger partial charge in [0.05, 0.1) is 11.1 Å². The molecule has 3 aliphatic rings. The van der Waals surface area contributed by atoms with Crippen molar-refractivity contribution in [3.05, 3.63) is 234 Å². The normalized spacial score (nSPS) is 15.7. The summed E-state index contributed by atoms with van der Waals surface area (Å²) in [4.78, 5) is 2.50. The Morgan fingerprint density at radius 1 is 0.339 bits per heavy atom. The molecule has 9 aromatic rings. The van der Waals surface area contributed by atoms with Crippen LogP contribution in [0.25, 0.3) is 55.3 Å². The van der Waals surface area contributed by atoms with E-state index in [1.807, 2.05) is 0 Å². The molecule has 1 nitrogen and oxygen atoms in total. The topological polar surface area (TPSA) is 3.24 Å². The smallest absolute Gasteiger partial charge is 0.0726 e. The van der Waals surface area contributed by atoms with E-state index < -0.39 is 5.41 Å². The molecule has 3 aliphatic carbocycles. The predicted octanol–water partition coefficient (Wildman–Crippen LogP) is 16.3. The van der Waals surface area contributed by atoms with Crippen molar-refractivity contribution < 1.29 is 0 Å². The summed E-state index contributed by atoms with van der Waals surface area (Å²) in [6, 6.07) is 75.5. The first-order chi connectivity index (χ1) is 30.2. The van der Waals surface area contributed by atoms with Crippen LogP contribution in [0.3, 0.4) is 0 Å². The number of hydrogen-bond acceptors (Lipinski definition) is 1. The van der Waals surface area contributed by atoms with Crippen molar-refractivity contribution in [1.82, 2.24) is 0 Å². The van der Waals surface area contributed by atoms with Crippen molar-refractivity contribution in [1.29, 1.82) is 0 Å². The van der Waals surface area contributed by atoms with Crippen LogP contribution in [0, 0.1) is 0 Å². The molecule has 0 atom stereocenters. The lowest BCUT2D eigenvalue weighted by Gasteiger charge is -2.43. The van der Waals surface area contributed by atoms with Gasteiger partial charge in [0.1, 0.15) is 0 Å². The van der Waals surface area contributed by atoms with Crippen LogP contribution < -0.4 is 4.90 Å². The highest BCUT2D eigenvalue weighted by Crippen LogP contribution is 2.64. The molecule has 0 heterocycles. The molecular formula is C61H49N. The third-order valence-electron chi connectivity index (χ3n) is 14.7. The monoisotopic (exact) mass is 795 g/mol. The highest BCUT2D eigenvalue weighted by Gasteiger charge is 2.52. The fourth-order valence-electron chi connectivity index (χ4n) is 11.7. The van der Waals surface area contributed by atoms with Gasteiger partial charge < -0.3 is 4.90 Å². The van der Waals surface area contributed by atoms with Crippen LogP contribution in [-0.2, 0) is 16.2 Å². The molecule has 0 aliphatic heterocycles.